The zero-order valence-electron chi connectivity index (χ0n) is 17.7. The first kappa shape index (κ1) is 21.9. The molecule has 9 heteroatoms. The van der Waals surface area contributed by atoms with Crippen LogP contribution < -0.4 is 21.1 Å². The van der Waals surface area contributed by atoms with E-state index in [2.05, 4.69) is 20.7 Å². The molecule has 0 saturated carbocycles. The lowest BCUT2D eigenvalue weighted by atomic mass is 10.2. The number of benzene rings is 1. The molecule has 164 valence electrons. The van der Waals surface area contributed by atoms with Gasteiger partial charge in [0, 0.05) is 32.6 Å². The second kappa shape index (κ2) is 10.8. The minimum atomic E-state index is -0.287. The van der Waals surface area contributed by atoms with Crippen LogP contribution in [0, 0.1) is 5.82 Å². The van der Waals surface area contributed by atoms with Gasteiger partial charge in [-0.3, -0.25) is 4.57 Å². The van der Waals surface area contributed by atoms with E-state index in [0.29, 0.717) is 31.3 Å². The van der Waals surface area contributed by atoms with E-state index >= 15 is 0 Å². The number of nitrogens with one attached hydrogen (secondary N) is 2. The van der Waals surface area contributed by atoms with Crippen LogP contribution in [0.1, 0.15) is 38.9 Å². The molecular formula is C21H31FN6O2. The summed E-state index contributed by atoms with van der Waals surface area (Å²) in [5.41, 5.74) is -0.00274. The normalized spacial score (nSPS) is 14.8. The van der Waals surface area contributed by atoms with Crippen molar-refractivity contribution in [1.29, 1.82) is 0 Å². The van der Waals surface area contributed by atoms with Gasteiger partial charge in [0.25, 0.3) is 0 Å². The van der Waals surface area contributed by atoms with E-state index in [1.807, 2.05) is 13.8 Å². The number of aliphatic imine (C=N–C) groups is 1. The summed E-state index contributed by atoms with van der Waals surface area (Å²) in [7, 11) is 0. The van der Waals surface area contributed by atoms with Crippen molar-refractivity contribution in [3.05, 3.63) is 46.4 Å². The smallest absolute Gasteiger partial charge is 0.345 e. The summed E-state index contributed by atoms with van der Waals surface area (Å²) in [4.78, 5) is 16.9. The summed E-state index contributed by atoms with van der Waals surface area (Å²) in [6.07, 6.45) is 3.65. The molecule has 1 atom stereocenters. The molecule has 0 fully saturated rings. The third kappa shape index (κ3) is 6.08. The molecule has 1 aromatic carbocycles. The molecule has 1 unspecified atom stereocenters. The van der Waals surface area contributed by atoms with Crippen molar-refractivity contribution in [2.24, 2.45) is 4.99 Å². The van der Waals surface area contributed by atoms with E-state index in [1.165, 1.54) is 12.1 Å². The van der Waals surface area contributed by atoms with Gasteiger partial charge in [-0.1, -0.05) is 0 Å². The average Bonchev–Trinajstić information content (AvgIpc) is 3.07. The molecule has 0 saturated heterocycles. The second-order valence-corrected chi connectivity index (χ2v) is 7.41. The van der Waals surface area contributed by atoms with Gasteiger partial charge in [-0.2, -0.15) is 5.10 Å². The Morgan fingerprint density at radius 3 is 2.83 bits per heavy atom. The zero-order valence-corrected chi connectivity index (χ0v) is 17.7. The highest BCUT2D eigenvalue weighted by Gasteiger charge is 2.16. The molecule has 0 aliphatic carbocycles. The van der Waals surface area contributed by atoms with Crippen molar-refractivity contribution in [3.8, 4) is 5.75 Å². The van der Waals surface area contributed by atoms with Crippen LogP contribution in [0.25, 0.3) is 0 Å². The first-order valence-electron chi connectivity index (χ1n) is 10.7. The van der Waals surface area contributed by atoms with Crippen molar-refractivity contribution < 1.29 is 9.13 Å². The molecule has 0 radical (unpaired) electrons. The van der Waals surface area contributed by atoms with Gasteiger partial charge in [-0.05, 0) is 57.4 Å². The van der Waals surface area contributed by atoms with E-state index in [-0.39, 0.29) is 17.6 Å². The second-order valence-electron chi connectivity index (χ2n) is 7.41. The molecule has 0 amide bonds. The number of hydrogen-bond acceptors (Lipinski definition) is 4. The van der Waals surface area contributed by atoms with Gasteiger partial charge in [0.15, 0.2) is 5.96 Å². The Balaban J connectivity index is 1.45. The highest BCUT2D eigenvalue weighted by atomic mass is 19.1. The lowest BCUT2D eigenvalue weighted by Gasteiger charge is -2.15. The fraction of sp³-hybridized carbons (Fsp3) is 0.571. The summed E-state index contributed by atoms with van der Waals surface area (Å²) in [6, 6.07) is 5.96. The summed E-state index contributed by atoms with van der Waals surface area (Å²) < 4.78 is 22.1. The van der Waals surface area contributed by atoms with E-state index in [1.54, 1.807) is 21.4 Å². The molecular weight excluding hydrogens is 387 g/mol. The Hall–Kier alpha value is -2.84. The number of aryl methyl sites for hydroxylation is 2. The fourth-order valence-electron chi connectivity index (χ4n) is 3.37. The van der Waals surface area contributed by atoms with Gasteiger partial charge in [0.05, 0.1) is 6.54 Å². The van der Waals surface area contributed by atoms with Crippen molar-refractivity contribution in [2.75, 3.05) is 19.6 Å². The number of guanidine groups is 1. The number of nitrogens with zero attached hydrogens (tertiary/aromatic N) is 4. The summed E-state index contributed by atoms with van der Waals surface area (Å²) >= 11 is 0. The maximum atomic E-state index is 13.0. The Labute approximate surface area is 176 Å². The third-order valence-electron chi connectivity index (χ3n) is 4.87. The van der Waals surface area contributed by atoms with Gasteiger partial charge in [0.2, 0.25) is 0 Å². The third-order valence-corrected chi connectivity index (χ3v) is 4.87. The molecule has 8 nitrogen and oxygen atoms in total. The summed E-state index contributed by atoms with van der Waals surface area (Å²) in [5, 5.41) is 10.9. The molecule has 1 aromatic heterocycles. The van der Waals surface area contributed by atoms with Gasteiger partial charge >= 0.3 is 5.69 Å². The van der Waals surface area contributed by atoms with Crippen LogP contribution in [-0.2, 0) is 19.5 Å². The first-order chi connectivity index (χ1) is 14.6. The Kier molecular flexibility index (Phi) is 7.87. The van der Waals surface area contributed by atoms with Gasteiger partial charge in [0.1, 0.15) is 23.5 Å². The number of halogens is 1. The SMILES string of the molecule is CCNC(=NCC(C)Oc1ccc(F)cc1)NCCCn1nc2n(c1=O)CCCC2. The van der Waals surface area contributed by atoms with Crippen molar-refractivity contribution in [1.82, 2.24) is 25.0 Å². The number of fused-ring (bicyclic) bond motifs is 1. The van der Waals surface area contributed by atoms with Crippen LogP contribution in [0.4, 0.5) is 4.39 Å². The quantitative estimate of drug-likeness (QED) is 0.369. The van der Waals surface area contributed by atoms with Crippen LogP contribution in [0.15, 0.2) is 34.1 Å². The molecule has 0 spiro atoms. The topological polar surface area (TPSA) is 85.5 Å². The monoisotopic (exact) mass is 418 g/mol. The largest absolute Gasteiger partial charge is 0.489 e. The average molecular weight is 419 g/mol. The zero-order chi connectivity index (χ0) is 21.3. The Morgan fingerprint density at radius 1 is 1.30 bits per heavy atom. The maximum absolute atomic E-state index is 13.0. The molecule has 1 aliphatic heterocycles. The van der Waals surface area contributed by atoms with Crippen molar-refractivity contribution >= 4 is 5.96 Å². The van der Waals surface area contributed by atoms with Gasteiger partial charge in [-0.25, -0.2) is 18.9 Å². The molecule has 2 N–H and O–H groups in total. The standard InChI is InChI=1S/C21H31FN6O2/c1-3-23-20(25-15-16(2)30-18-10-8-17(22)9-11-18)24-12-6-14-28-21(29)27-13-5-4-7-19(27)26-28/h8-11,16H,3-7,12-15H2,1-2H3,(H2,23,24,25). The lowest BCUT2D eigenvalue weighted by molar-refractivity contribution is 0.230. The van der Waals surface area contributed by atoms with Gasteiger partial charge < -0.3 is 15.4 Å². The van der Waals surface area contributed by atoms with Crippen LogP contribution in [-0.4, -0.2) is 46.0 Å². The van der Waals surface area contributed by atoms with E-state index in [0.717, 1.165) is 44.6 Å². The highest BCUT2D eigenvalue weighted by Crippen LogP contribution is 2.13. The van der Waals surface area contributed by atoms with E-state index in [4.69, 9.17) is 4.74 Å². The first-order valence-corrected chi connectivity index (χ1v) is 10.7. The molecule has 2 aromatic rings. The van der Waals surface area contributed by atoms with E-state index < -0.39 is 0 Å². The van der Waals surface area contributed by atoms with Gasteiger partial charge in [-0.15, -0.1) is 0 Å². The fourth-order valence-corrected chi connectivity index (χ4v) is 3.37. The lowest BCUT2D eigenvalue weighted by Crippen LogP contribution is -2.39. The molecule has 30 heavy (non-hydrogen) atoms. The molecule has 3 rings (SSSR count). The van der Waals surface area contributed by atoms with Crippen LogP contribution in [0.2, 0.25) is 0 Å². The number of hydrogen-bond donors (Lipinski definition) is 2. The number of rotatable bonds is 9. The minimum Gasteiger partial charge on any atom is -0.489 e. The predicted octanol–water partition coefficient (Wildman–Crippen LogP) is 1.93. The molecule has 0 bridgehead atoms. The Bertz CT molecular complexity index is 890. The number of aromatic nitrogens is 3. The Morgan fingerprint density at radius 2 is 2.10 bits per heavy atom. The maximum Gasteiger partial charge on any atom is 0.345 e. The highest BCUT2D eigenvalue weighted by molar-refractivity contribution is 5.79. The van der Waals surface area contributed by atoms with Crippen molar-refractivity contribution in [2.45, 2.75) is 58.7 Å². The summed E-state index contributed by atoms with van der Waals surface area (Å²) in [6.45, 7) is 7.16. The summed E-state index contributed by atoms with van der Waals surface area (Å²) in [5.74, 6) is 1.93. The minimum absolute atomic E-state index is 0.00274. The van der Waals surface area contributed by atoms with E-state index in [9.17, 15) is 9.18 Å². The number of ether oxygens (including phenoxy) is 1. The van der Waals surface area contributed by atoms with Crippen LogP contribution in [0.3, 0.4) is 0 Å². The predicted molar refractivity (Wildman–Crippen MR) is 115 cm³/mol. The van der Waals surface area contributed by atoms with Crippen LogP contribution in [0.5, 0.6) is 5.75 Å². The molecule has 1 aliphatic rings. The van der Waals surface area contributed by atoms with Crippen molar-refractivity contribution in [3.63, 3.8) is 0 Å². The van der Waals surface area contributed by atoms with Crippen LogP contribution >= 0.6 is 0 Å². The molecule has 2 heterocycles.